The maximum atomic E-state index is 14.9. The van der Waals surface area contributed by atoms with Crippen LogP contribution in [0.5, 0.6) is 0 Å². The summed E-state index contributed by atoms with van der Waals surface area (Å²) in [5, 5.41) is 8.96. The third-order valence-electron chi connectivity index (χ3n) is 5.27. The van der Waals surface area contributed by atoms with Crippen LogP contribution in [0, 0.1) is 5.82 Å². The molecule has 4 aromatic rings. The van der Waals surface area contributed by atoms with E-state index in [1.165, 1.54) is 6.07 Å². The number of nitrogens with zero attached hydrogens (tertiary/aromatic N) is 5. The van der Waals surface area contributed by atoms with E-state index in [4.69, 9.17) is 16.6 Å². The molecule has 0 aliphatic carbocycles. The molecule has 0 spiro atoms. The Hall–Kier alpha value is -2.73. The van der Waals surface area contributed by atoms with Gasteiger partial charge in [0.2, 0.25) is 0 Å². The molecule has 0 amide bonds. The maximum Gasteiger partial charge on any atom is 0.164 e. The van der Waals surface area contributed by atoms with Gasteiger partial charge in [-0.05, 0) is 24.3 Å². The summed E-state index contributed by atoms with van der Waals surface area (Å²) >= 11 is 6.21. The summed E-state index contributed by atoms with van der Waals surface area (Å²) in [7, 11) is 0. The minimum atomic E-state index is -0.227. The van der Waals surface area contributed by atoms with E-state index in [1.54, 1.807) is 12.4 Å². The van der Waals surface area contributed by atoms with E-state index >= 15 is 0 Å². The molecule has 0 saturated carbocycles. The molecule has 2 aliphatic rings. The van der Waals surface area contributed by atoms with Crippen molar-refractivity contribution in [1.82, 2.24) is 24.3 Å². The van der Waals surface area contributed by atoms with Crippen LogP contribution in [0.15, 0.2) is 42.7 Å². The van der Waals surface area contributed by atoms with Gasteiger partial charge in [-0.25, -0.2) is 9.37 Å². The molecule has 0 fully saturated rings. The molecule has 0 unspecified atom stereocenters. The van der Waals surface area contributed by atoms with Crippen molar-refractivity contribution < 1.29 is 4.39 Å². The van der Waals surface area contributed by atoms with E-state index in [0.29, 0.717) is 16.4 Å². The highest BCUT2D eigenvalue weighted by Crippen LogP contribution is 2.49. The quantitative estimate of drug-likeness (QED) is 0.481. The summed E-state index contributed by atoms with van der Waals surface area (Å²) < 4.78 is 19.0. The van der Waals surface area contributed by atoms with Gasteiger partial charge < -0.3 is 9.13 Å². The van der Waals surface area contributed by atoms with E-state index in [-0.39, 0.29) is 17.9 Å². The van der Waals surface area contributed by atoms with Gasteiger partial charge in [-0.15, -0.1) is 10.2 Å². The second-order valence-electron chi connectivity index (χ2n) is 6.50. The molecule has 7 heteroatoms. The number of benzene rings is 2. The first kappa shape index (κ1) is 13.5. The van der Waals surface area contributed by atoms with Crippen LogP contribution in [0.4, 0.5) is 4.39 Å². The average Bonchev–Trinajstić information content (AvgIpc) is 3.26. The molecule has 5 nitrogen and oxygen atoms in total. The monoisotopic (exact) mass is 351 g/mol. The first-order valence-corrected chi connectivity index (χ1v) is 8.46. The van der Waals surface area contributed by atoms with Crippen LogP contribution in [0.1, 0.15) is 29.9 Å². The zero-order valence-corrected chi connectivity index (χ0v) is 13.7. The SMILES string of the molecule is Fc1cccc2c1[C@@H]1C[C@@H](c3nc4ccc(Cl)cc4n31)n1cnnc1-2. The summed E-state index contributed by atoms with van der Waals surface area (Å²) in [6.07, 6.45) is 2.43. The molecule has 0 saturated heterocycles. The van der Waals surface area contributed by atoms with Crippen LogP contribution in [0.2, 0.25) is 5.02 Å². The summed E-state index contributed by atoms with van der Waals surface area (Å²) in [5.41, 5.74) is 3.24. The fourth-order valence-corrected chi connectivity index (χ4v) is 4.46. The number of hydrogen-bond donors (Lipinski definition) is 0. The second kappa shape index (κ2) is 4.46. The lowest BCUT2D eigenvalue weighted by atomic mass is 9.98. The summed E-state index contributed by atoms with van der Waals surface area (Å²) in [5.74, 6) is 1.37. The van der Waals surface area contributed by atoms with Crippen molar-refractivity contribution in [2.24, 2.45) is 0 Å². The predicted octanol–water partition coefficient (Wildman–Crippen LogP) is 3.98. The van der Waals surface area contributed by atoms with Crippen molar-refractivity contribution in [3.05, 3.63) is 65.0 Å². The Labute approximate surface area is 146 Å². The molecular weight excluding hydrogens is 341 g/mol. The number of hydrogen-bond acceptors (Lipinski definition) is 3. The van der Waals surface area contributed by atoms with Crippen LogP contribution in [0.25, 0.3) is 22.4 Å². The number of halogens is 2. The van der Waals surface area contributed by atoms with Gasteiger partial charge in [0.15, 0.2) is 5.82 Å². The molecule has 2 atom stereocenters. The van der Waals surface area contributed by atoms with Gasteiger partial charge in [-0.3, -0.25) is 0 Å². The molecule has 25 heavy (non-hydrogen) atoms. The Morgan fingerprint density at radius 2 is 2.08 bits per heavy atom. The highest BCUT2D eigenvalue weighted by molar-refractivity contribution is 6.31. The topological polar surface area (TPSA) is 48.5 Å². The van der Waals surface area contributed by atoms with Crippen molar-refractivity contribution in [3.63, 3.8) is 0 Å². The lowest BCUT2D eigenvalue weighted by Gasteiger charge is -2.18. The van der Waals surface area contributed by atoms with Gasteiger partial charge in [0.25, 0.3) is 0 Å². The molecule has 2 aromatic carbocycles. The molecule has 2 aliphatic heterocycles. The lowest BCUT2D eigenvalue weighted by molar-refractivity contribution is 0.524. The van der Waals surface area contributed by atoms with Gasteiger partial charge in [0.05, 0.1) is 23.1 Å². The van der Waals surface area contributed by atoms with Gasteiger partial charge >= 0.3 is 0 Å². The van der Waals surface area contributed by atoms with Crippen LogP contribution < -0.4 is 0 Å². The standard InChI is InChI=1S/C18H11ClFN5/c19-9-4-5-12-13(6-9)25-14-7-15(18(25)22-12)24-8-21-23-17(24)10-2-1-3-11(20)16(10)14/h1-6,8,14-15H,7H2/t14-,15-/m0/s1. The van der Waals surface area contributed by atoms with E-state index in [1.807, 2.05) is 28.8 Å². The molecule has 6 rings (SSSR count). The van der Waals surface area contributed by atoms with E-state index in [0.717, 1.165) is 28.8 Å². The zero-order valence-electron chi connectivity index (χ0n) is 12.9. The van der Waals surface area contributed by atoms with Crippen molar-refractivity contribution in [2.75, 3.05) is 0 Å². The minimum Gasteiger partial charge on any atom is -0.318 e. The Kier molecular flexibility index (Phi) is 2.42. The molecule has 0 N–H and O–H groups in total. The maximum absolute atomic E-state index is 14.9. The molecule has 2 aromatic heterocycles. The third kappa shape index (κ3) is 1.60. The fourth-order valence-electron chi connectivity index (χ4n) is 4.29. The normalized spacial score (nSPS) is 20.2. The Bertz CT molecular complexity index is 1180. The summed E-state index contributed by atoms with van der Waals surface area (Å²) in [6, 6.07) is 10.6. The first-order chi connectivity index (χ1) is 12.2. The Morgan fingerprint density at radius 1 is 1.16 bits per heavy atom. The Balaban J connectivity index is 1.78. The summed E-state index contributed by atoms with van der Waals surface area (Å²) in [6.45, 7) is 0. The average molecular weight is 352 g/mol. The van der Waals surface area contributed by atoms with Gasteiger partial charge in [0, 0.05) is 22.6 Å². The van der Waals surface area contributed by atoms with Gasteiger partial charge in [0.1, 0.15) is 18.0 Å². The predicted molar refractivity (Wildman–Crippen MR) is 91.1 cm³/mol. The van der Waals surface area contributed by atoms with E-state index in [9.17, 15) is 4.39 Å². The number of aromatic nitrogens is 5. The van der Waals surface area contributed by atoms with Crippen LogP contribution in [-0.2, 0) is 0 Å². The van der Waals surface area contributed by atoms with Crippen LogP contribution >= 0.6 is 11.6 Å². The van der Waals surface area contributed by atoms with Crippen molar-refractivity contribution >= 4 is 22.6 Å². The Morgan fingerprint density at radius 3 is 3.00 bits per heavy atom. The van der Waals surface area contributed by atoms with Crippen molar-refractivity contribution in [3.8, 4) is 11.4 Å². The van der Waals surface area contributed by atoms with Crippen molar-refractivity contribution in [1.29, 1.82) is 0 Å². The largest absolute Gasteiger partial charge is 0.318 e. The number of rotatable bonds is 0. The van der Waals surface area contributed by atoms with E-state index < -0.39 is 0 Å². The third-order valence-corrected chi connectivity index (χ3v) is 5.51. The smallest absolute Gasteiger partial charge is 0.164 e. The molecular formula is C18H11ClFN5. The highest BCUT2D eigenvalue weighted by atomic mass is 35.5. The molecule has 2 bridgehead atoms. The lowest BCUT2D eigenvalue weighted by Crippen LogP contribution is -2.12. The van der Waals surface area contributed by atoms with Crippen LogP contribution in [-0.4, -0.2) is 24.3 Å². The second-order valence-corrected chi connectivity index (χ2v) is 6.94. The van der Waals surface area contributed by atoms with E-state index in [2.05, 4.69) is 14.8 Å². The zero-order chi connectivity index (χ0) is 16.7. The fraction of sp³-hybridized carbons (Fsp3) is 0.167. The van der Waals surface area contributed by atoms with Crippen LogP contribution in [0.3, 0.4) is 0 Å². The number of fused-ring (bicyclic) bond motifs is 6. The summed E-state index contributed by atoms with van der Waals surface area (Å²) in [4.78, 5) is 4.81. The highest BCUT2D eigenvalue weighted by Gasteiger charge is 2.42. The number of imidazole rings is 1. The minimum absolute atomic E-state index is 0.0204. The molecule has 0 radical (unpaired) electrons. The molecule has 122 valence electrons. The van der Waals surface area contributed by atoms with Gasteiger partial charge in [-0.2, -0.15) is 0 Å². The first-order valence-electron chi connectivity index (χ1n) is 8.08. The van der Waals surface area contributed by atoms with Crippen molar-refractivity contribution in [2.45, 2.75) is 18.5 Å². The van der Waals surface area contributed by atoms with Gasteiger partial charge in [-0.1, -0.05) is 23.7 Å². The molecule has 4 heterocycles.